The maximum absolute atomic E-state index is 11.5. The van der Waals surface area contributed by atoms with E-state index in [9.17, 15) is 4.79 Å². The number of carbonyl (C=O) groups excluding carboxylic acids is 1. The van der Waals surface area contributed by atoms with Crippen molar-refractivity contribution < 1.29 is 4.79 Å². The van der Waals surface area contributed by atoms with Crippen LogP contribution in [0.5, 0.6) is 0 Å². The summed E-state index contributed by atoms with van der Waals surface area (Å²) in [5.74, 6) is 0.0840. The molecule has 1 atom stereocenters. The Bertz CT molecular complexity index is 363. The second kappa shape index (κ2) is 7.07. The summed E-state index contributed by atoms with van der Waals surface area (Å²) in [6.07, 6.45) is 1.45. The van der Waals surface area contributed by atoms with Gasteiger partial charge in [-0.3, -0.25) is 4.79 Å². The van der Waals surface area contributed by atoms with Crippen molar-refractivity contribution in [3.05, 3.63) is 29.8 Å². The lowest BCUT2D eigenvalue weighted by Gasteiger charge is -2.14. The molecule has 1 aromatic rings. The normalized spacial score (nSPS) is 12.2. The lowest BCUT2D eigenvalue weighted by molar-refractivity contribution is -0.116. The van der Waals surface area contributed by atoms with E-state index in [0.717, 1.165) is 18.7 Å². The number of benzene rings is 1. The topological polar surface area (TPSA) is 41.1 Å². The number of hydrogen-bond donors (Lipinski definition) is 2. The molecule has 1 unspecified atom stereocenters. The number of nitrogens with one attached hydrogen (secondary N) is 2. The maximum Gasteiger partial charge on any atom is 0.224 e. The SMILES string of the molecule is CCCC(=O)Nc1cccc(C(C)NCC)c1. The highest BCUT2D eigenvalue weighted by molar-refractivity contribution is 5.90. The van der Waals surface area contributed by atoms with Crippen molar-refractivity contribution in [1.29, 1.82) is 0 Å². The molecule has 17 heavy (non-hydrogen) atoms. The zero-order valence-electron chi connectivity index (χ0n) is 10.9. The Kier molecular flexibility index (Phi) is 5.70. The molecule has 3 nitrogen and oxygen atoms in total. The predicted molar refractivity (Wildman–Crippen MR) is 72.1 cm³/mol. The molecule has 0 aliphatic rings. The highest BCUT2D eigenvalue weighted by Gasteiger charge is 2.05. The summed E-state index contributed by atoms with van der Waals surface area (Å²) in [5.41, 5.74) is 2.08. The zero-order valence-corrected chi connectivity index (χ0v) is 10.9. The lowest BCUT2D eigenvalue weighted by atomic mass is 10.1. The minimum Gasteiger partial charge on any atom is -0.326 e. The third-order valence-corrected chi connectivity index (χ3v) is 2.66. The van der Waals surface area contributed by atoms with Crippen molar-refractivity contribution in [1.82, 2.24) is 5.32 Å². The van der Waals surface area contributed by atoms with Gasteiger partial charge in [0.25, 0.3) is 0 Å². The molecule has 1 aromatic carbocycles. The molecular formula is C14H22N2O. The van der Waals surface area contributed by atoms with Gasteiger partial charge in [-0.25, -0.2) is 0 Å². The highest BCUT2D eigenvalue weighted by Crippen LogP contribution is 2.17. The van der Waals surface area contributed by atoms with Crippen LogP contribution in [0.15, 0.2) is 24.3 Å². The van der Waals surface area contributed by atoms with E-state index in [4.69, 9.17) is 0 Å². The van der Waals surface area contributed by atoms with E-state index in [1.54, 1.807) is 0 Å². The van der Waals surface area contributed by atoms with E-state index in [2.05, 4.69) is 30.5 Å². The van der Waals surface area contributed by atoms with Crippen LogP contribution in [0, 0.1) is 0 Å². The minimum absolute atomic E-state index is 0.0840. The van der Waals surface area contributed by atoms with Crippen LogP contribution in [0.1, 0.15) is 45.2 Å². The molecule has 0 heterocycles. The van der Waals surface area contributed by atoms with Gasteiger partial charge in [-0.2, -0.15) is 0 Å². The van der Waals surface area contributed by atoms with Crippen molar-refractivity contribution >= 4 is 11.6 Å². The summed E-state index contributed by atoms with van der Waals surface area (Å²) in [7, 11) is 0. The monoisotopic (exact) mass is 234 g/mol. The molecule has 0 bridgehead atoms. The standard InChI is InChI=1S/C14H22N2O/c1-4-7-14(17)16-13-9-6-8-12(10-13)11(3)15-5-2/h6,8-11,15H,4-5,7H2,1-3H3,(H,16,17). The van der Waals surface area contributed by atoms with Crippen LogP contribution in [-0.4, -0.2) is 12.5 Å². The molecule has 0 aromatic heterocycles. The average Bonchev–Trinajstić information content (AvgIpc) is 2.30. The molecule has 2 N–H and O–H groups in total. The second-order valence-electron chi connectivity index (χ2n) is 4.20. The fourth-order valence-electron chi connectivity index (χ4n) is 1.76. The summed E-state index contributed by atoms with van der Waals surface area (Å²) in [6.45, 7) is 7.15. The van der Waals surface area contributed by atoms with Crippen LogP contribution in [-0.2, 0) is 4.79 Å². The maximum atomic E-state index is 11.5. The Morgan fingerprint density at radius 2 is 2.12 bits per heavy atom. The highest BCUT2D eigenvalue weighted by atomic mass is 16.1. The van der Waals surface area contributed by atoms with Gasteiger partial charge in [-0.15, -0.1) is 0 Å². The second-order valence-corrected chi connectivity index (χ2v) is 4.20. The number of amides is 1. The summed E-state index contributed by atoms with van der Waals surface area (Å²) < 4.78 is 0. The molecule has 0 radical (unpaired) electrons. The van der Waals surface area contributed by atoms with E-state index in [1.807, 2.05) is 25.1 Å². The Hall–Kier alpha value is -1.35. The molecule has 0 saturated heterocycles. The van der Waals surface area contributed by atoms with Gasteiger partial charge < -0.3 is 10.6 Å². The fraction of sp³-hybridized carbons (Fsp3) is 0.500. The molecule has 1 amide bonds. The van der Waals surface area contributed by atoms with Crippen LogP contribution in [0.25, 0.3) is 0 Å². The first kappa shape index (κ1) is 13.7. The van der Waals surface area contributed by atoms with Gasteiger partial charge in [0.05, 0.1) is 0 Å². The van der Waals surface area contributed by atoms with Gasteiger partial charge in [0.2, 0.25) is 5.91 Å². The summed E-state index contributed by atoms with van der Waals surface area (Å²) in [4.78, 5) is 11.5. The first-order valence-electron chi connectivity index (χ1n) is 6.30. The molecule has 3 heteroatoms. The summed E-state index contributed by atoms with van der Waals surface area (Å²) >= 11 is 0. The van der Waals surface area contributed by atoms with Crippen molar-refractivity contribution in [3.63, 3.8) is 0 Å². The van der Waals surface area contributed by atoms with E-state index in [-0.39, 0.29) is 5.91 Å². The van der Waals surface area contributed by atoms with E-state index < -0.39 is 0 Å². The Labute approximate surface area is 104 Å². The smallest absolute Gasteiger partial charge is 0.224 e. The van der Waals surface area contributed by atoms with Gasteiger partial charge in [0.1, 0.15) is 0 Å². The third kappa shape index (κ3) is 4.57. The van der Waals surface area contributed by atoms with Crippen molar-refractivity contribution in [2.45, 2.75) is 39.7 Å². The van der Waals surface area contributed by atoms with Gasteiger partial charge >= 0.3 is 0 Å². The summed E-state index contributed by atoms with van der Waals surface area (Å²) in [5, 5.41) is 6.27. The number of anilines is 1. The first-order chi connectivity index (χ1) is 8.17. The number of carbonyl (C=O) groups is 1. The predicted octanol–water partition coefficient (Wildman–Crippen LogP) is 3.10. The van der Waals surface area contributed by atoms with Crippen LogP contribution in [0.3, 0.4) is 0 Å². The zero-order chi connectivity index (χ0) is 12.7. The summed E-state index contributed by atoms with van der Waals surface area (Å²) in [6, 6.07) is 8.31. The molecule has 0 saturated carbocycles. The van der Waals surface area contributed by atoms with Crippen molar-refractivity contribution in [3.8, 4) is 0 Å². The molecule has 0 spiro atoms. The minimum atomic E-state index is 0.0840. The quantitative estimate of drug-likeness (QED) is 0.794. The van der Waals surface area contributed by atoms with Crippen LogP contribution in [0.4, 0.5) is 5.69 Å². The lowest BCUT2D eigenvalue weighted by Crippen LogP contribution is -2.18. The molecule has 0 aliphatic carbocycles. The fourth-order valence-corrected chi connectivity index (χ4v) is 1.76. The Morgan fingerprint density at radius 1 is 1.35 bits per heavy atom. The third-order valence-electron chi connectivity index (χ3n) is 2.66. The molecule has 0 fully saturated rings. The van der Waals surface area contributed by atoms with Gasteiger partial charge in [0, 0.05) is 18.2 Å². The molecular weight excluding hydrogens is 212 g/mol. The van der Waals surface area contributed by atoms with Gasteiger partial charge in [-0.05, 0) is 37.6 Å². The first-order valence-corrected chi connectivity index (χ1v) is 6.30. The van der Waals surface area contributed by atoms with E-state index in [1.165, 1.54) is 5.56 Å². The van der Waals surface area contributed by atoms with Crippen LogP contribution >= 0.6 is 0 Å². The van der Waals surface area contributed by atoms with Crippen molar-refractivity contribution in [2.24, 2.45) is 0 Å². The van der Waals surface area contributed by atoms with Crippen LogP contribution < -0.4 is 10.6 Å². The van der Waals surface area contributed by atoms with Crippen molar-refractivity contribution in [2.75, 3.05) is 11.9 Å². The largest absolute Gasteiger partial charge is 0.326 e. The van der Waals surface area contributed by atoms with E-state index >= 15 is 0 Å². The number of rotatable bonds is 6. The van der Waals surface area contributed by atoms with E-state index in [0.29, 0.717) is 12.5 Å². The molecule has 0 aliphatic heterocycles. The molecule has 94 valence electrons. The Morgan fingerprint density at radius 3 is 2.76 bits per heavy atom. The Balaban J connectivity index is 2.68. The number of hydrogen-bond acceptors (Lipinski definition) is 2. The van der Waals surface area contributed by atoms with Crippen LogP contribution in [0.2, 0.25) is 0 Å². The van der Waals surface area contributed by atoms with Gasteiger partial charge in [0.15, 0.2) is 0 Å². The van der Waals surface area contributed by atoms with Gasteiger partial charge in [-0.1, -0.05) is 26.0 Å². The average molecular weight is 234 g/mol. The molecule has 1 rings (SSSR count).